The Kier molecular flexibility index (Phi) is 3.69. The van der Waals surface area contributed by atoms with Crippen LogP contribution in [0.5, 0.6) is 11.5 Å². The standard InChI is InChI=1S/C13H16N2O5/c1-13(2,6-11(16)17)15-12(18)14-8-3-4-9-10(5-8)20-7-19-9/h3-5H,6-7H2,1-2H3,(H,16,17)(H2,14,15,18). The molecular weight excluding hydrogens is 264 g/mol. The molecule has 0 saturated carbocycles. The van der Waals surface area contributed by atoms with E-state index in [-0.39, 0.29) is 13.2 Å². The summed E-state index contributed by atoms with van der Waals surface area (Å²) >= 11 is 0. The third kappa shape index (κ3) is 3.53. The third-order valence-corrected chi connectivity index (χ3v) is 2.68. The van der Waals surface area contributed by atoms with Crippen LogP contribution in [0.15, 0.2) is 18.2 Å². The lowest BCUT2D eigenvalue weighted by atomic mass is 10.0. The first kappa shape index (κ1) is 14.0. The van der Waals surface area contributed by atoms with E-state index in [4.69, 9.17) is 14.6 Å². The van der Waals surface area contributed by atoms with Gasteiger partial charge < -0.3 is 25.2 Å². The number of benzene rings is 1. The lowest BCUT2D eigenvalue weighted by molar-refractivity contribution is -0.138. The van der Waals surface area contributed by atoms with Crippen LogP contribution < -0.4 is 20.1 Å². The van der Waals surface area contributed by atoms with Crippen LogP contribution in [0.3, 0.4) is 0 Å². The molecule has 20 heavy (non-hydrogen) atoms. The number of carboxylic acids is 1. The molecule has 0 radical (unpaired) electrons. The number of anilines is 1. The second-order valence-corrected chi connectivity index (χ2v) is 5.10. The second kappa shape index (κ2) is 5.28. The summed E-state index contributed by atoms with van der Waals surface area (Å²) < 4.78 is 10.4. The maximum Gasteiger partial charge on any atom is 0.319 e. The summed E-state index contributed by atoms with van der Waals surface area (Å²) in [6.07, 6.45) is -0.165. The molecule has 0 fully saturated rings. The van der Waals surface area contributed by atoms with Crippen molar-refractivity contribution >= 4 is 17.7 Å². The topological polar surface area (TPSA) is 96.9 Å². The summed E-state index contributed by atoms with van der Waals surface area (Å²) in [5, 5.41) is 14.0. The van der Waals surface area contributed by atoms with Crippen LogP contribution in [0, 0.1) is 0 Å². The minimum absolute atomic E-state index is 0.163. The van der Waals surface area contributed by atoms with Gasteiger partial charge in [0.25, 0.3) is 0 Å². The number of rotatable bonds is 4. The summed E-state index contributed by atoms with van der Waals surface area (Å²) in [6, 6.07) is 4.54. The smallest absolute Gasteiger partial charge is 0.319 e. The number of hydrogen-bond acceptors (Lipinski definition) is 4. The summed E-state index contributed by atoms with van der Waals surface area (Å²) in [7, 11) is 0. The number of carboxylic acid groups (broad SMARTS) is 1. The van der Waals surface area contributed by atoms with Gasteiger partial charge in [0, 0.05) is 17.3 Å². The van der Waals surface area contributed by atoms with E-state index in [9.17, 15) is 9.59 Å². The van der Waals surface area contributed by atoms with Gasteiger partial charge in [-0.2, -0.15) is 0 Å². The molecule has 2 amide bonds. The zero-order chi connectivity index (χ0) is 14.8. The van der Waals surface area contributed by atoms with Gasteiger partial charge >= 0.3 is 12.0 Å². The van der Waals surface area contributed by atoms with Crippen molar-refractivity contribution in [3.63, 3.8) is 0 Å². The average molecular weight is 280 g/mol. The van der Waals surface area contributed by atoms with E-state index >= 15 is 0 Å². The first-order chi connectivity index (χ1) is 9.35. The molecule has 1 aliphatic rings. The number of aliphatic carboxylic acids is 1. The number of fused-ring (bicyclic) bond motifs is 1. The fourth-order valence-electron chi connectivity index (χ4n) is 1.87. The lowest BCUT2D eigenvalue weighted by Crippen LogP contribution is -2.46. The molecule has 1 heterocycles. The molecule has 0 unspecified atom stereocenters. The summed E-state index contributed by atoms with van der Waals surface area (Å²) in [6.45, 7) is 3.44. The number of nitrogens with one attached hydrogen (secondary N) is 2. The maximum absolute atomic E-state index is 11.8. The van der Waals surface area contributed by atoms with Gasteiger partial charge in [0.2, 0.25) is 6.79 Å². The molecule has 0 atom stereocenters. The van der Waals surface area contributed by atoms with Gasteiger partial charge in [0.15, 0.2) is 11.5 Å². The minimum atomic E-state index is -0.974. The largest absolute Gasteiger partial charge is 0.481 e. The van der Waals surface area contributed by atoms with Gasteiger partial charge in [-0.15, -0.1) is 0 Å². The second-order valence-electron chi connectivity index (χ2n) is 5.10. The van der Waals surface area contributed by atoms with Crippen molar-refractivity contribution in [3.8, 4) is 11.5 Å². The third-order valence-electron chi connectivity index (χ3n) is 2.68. The molecule has 2 rings (SSSR count). The highest BCUT2D eigenvalue weighted by molar-refractivity contribution is 5.90. The van der Waals surface area contributed by atoms with Crippen LogP contribution in [-0.2, 0) is 4.79 Å². The Labute approximate surface area is 115 Å². The molecule has 7 heteroatoms. The molecule has 0 bridgehead atoms. The fourth-order valence-corrected chi connectivity index (χ4v) is 1.87. The zero-order valence-corrected chi connectivity index (χ0v) is 11.2. The number of carbonyl (C=O) groups excluding carboxylic acids is 1. The van der Waals surface area contributed by atoms with Gasteiger partial charge in [-0.3, -0.25) is 4.79 Å². The Hall–Kier alpha value is -2.44. The summed E-state index contributed by atoms with van der Waals surface area (Å²) in [4.78, 5) is 22.5. The van der Waals surface area contributed by atoms with Gasteiger partial charge in [-0.1, -0.05) is 0 Å². The highest BCUT2D eigenvalue weighted by Crippen LogP contribution is 2.34. The van der Waals surface area contributed by atoms with E-state index in [1.165, 1.54) is 0 Å². The average Bonchev–Trinajstić information content (AvgIpc) is 2.72. The number of ether oxygens (including phenoxy) is 2. The van der Waals surface area contributed by atoms with Crippen molar-refractivity contribution in [2.24, 2.45) is 0 Å². The van der Waals surface area contributed by atoms with Crippen molar-refractivity contribution in [2.45, 2.75) is 25.8 Å². The molecule has 0 aromatic heterocycles. The SMILES string of the molecule is CC(C)(CC(=O)O)NC(=O)Nc1ccc2c(c1)OCO2. The van der Waals surface area contributed by atoms with E-state index in [1.54, 1.807) is 32.0 Å². The molecule has 0 aliphatic carbocycles. The van der Waals surface area contributed by atoms with Gasteiger partial charge in [-0.25, -0.2) is 4.79 Å². The molecule has 7 nitrogen and oxygen atoms in total. The number of amides is 2. The van der Waals surface area contributed by atoms with Crippen LogP contribution in [0.2, 0.25) is 0 Å². The quantitative estimate of drug-likeness (QED) is 0.781. The molecule has 1 aromatic carbocycles. The maximum atomic E-state index is 11.8. The monoisotopic (exact) mass is 280 g/mol. The van der Waals surface area contributed by atoms with E-state index in [2.05, 4.69) is 10.6 Å². The van der Waals surface area contributed by atoms with Gasteiger partial charge in [0.1, 0.15) is 0 Å². The highest BCUT2D eigenvalue weighted by atomic mass is 16.7. The minimum Gasteiger partial charge on any atom is -0.481 e. The normalized spacial score (nSPS) is 12.9. The Morgan fingerprint density at radius 3 is 2.70 bits per heavy atom. The van der Waals surface area contributed by atoms with E-state index in [1.807, 2.05) is 0 Å². The Morgan fingerprint density at radius 2 is 2.00 bits per heavy atom. The van der Waals surface area contributed by atoms with E-state index < -0.39 is 17.5 Å². The predicted molar refractivity (Wildman–Crippen MR) is 71.1 cm³/mol. The van der Waals surface area contributed by atoms with Crippen molar-refractivity contribution in [2.75, 3.05) is 12.1 Å². The van der Waals surface area contributed by atoms with Crippen molar-refractivity contribution in [1.82, 2.24) is 5.32 Å². The molecule has 0 saturated heterocycles. The molecule has 0 spiro atoms. The zero-order valence-electron chi connectivity index (χ0n) is 11.2. The summed E-state index contributed by atoms with van der Waals surface area (Å²) in [5.74, 6) is 0.216. The Bertz CT molecular complexity index is 542. The lowest BCUT2D eigenvalue weighted by Gasteiger charge is -2.24. The molecular formula is C13H16N2O5. The molecule has 3 N–H and O–H groups in total. The summed E-state index contributed by atoms with van der Waals surface area (Å²) in [5.41, 5.74) is -0.301. The van der Waals surface area contributed by atoms with E-state index in [0.717, 1.165) is 0 Å². The highest BCUT2D eigenvalue weighted by Gasteiger charge is 2.24. The van der Waals surface area contributed by atoms with Crippen molar-refractivity contribution < 1.29 is 24.2 Å². The predicted octanol–water partition coefficient (Wildman–Crippen LogP) is 1.79. The Balaban J connectivity index is 1.96. The van der Waals surface area contributed by atoms with Gasteiger partial charge in [-0.05, 0) is 26.0 Å². The number of carbonyl (C=O) groups is 2. The number of urea groups is 1. The van der Waals surface area contributed by atoms with Crippen LogP contribution in [0.4, 0.5) is 10.5 Å². The first-order valence-corrected chi connectivity index (χ1v) is 6.06. The van der Waals surface area contributed by atoms with Crippen LogP contribution in [-0.4, -0.2) is 29.4 Å². The first-order valence-electron chi connectivity index (χ1n) is 6.06. The van der Waals surface area contributed by atoms with Crippen LogP contribution >= 0.6 is 0 Å². The van der Waals surface area contributed by atoms with E-state index in [0.29, 0.717) is 17.2 Å². The van der Waals surface area contributed by atoms with Crippen LogP contribution in [0.1, 0.15) is 20.3 Å². The van der Waals surface area contributed by atoms with Gasteiger partial charge in [0.05, 0.1) is 6.42 Å². The molecule has 108 valence electrons. The number of hydrogen-bond donors (Lipinski definition) is 3. The molecule has 1 aliphatic heterocycles. The Morgan fingerprint density at radius 1 is 1.30 bits per heavy atom. The fraction of sp³-hybridized carbons (Fsp3) is 0.385. The van der Waals surface area contributed by atoms with Crippen LogP contribution in [0.25, 0.3) is 0 Å². The van der Waals surface area contributed by atoms with Crippen molar-refractivity contribution in [1.29, 1.82) is 0 Å². The molecule has 1 aromatic rings. The van der Waals surface area contributed by atoms with Crippen molar-refractivity contribution in [3.05, 3.63) is 18.2 Å².